The molecule has 0 radical (unpaired) electrons. The highest BCUT2D eigenvalue weighted by atomic mass is 16.5. The molecule has 3 heterocycles. The zero-order chi connectivity index (χ0) is 13.4. The Bertz CT molecular complexity index is 573. The zero-order valence-corrected chi connectivity index (χ0v) is 11.5. The summed E-state index contributed by atoms with van der Waals surface area (Å²) in [7, 11) is 0. The van der Waals surface area contributed by atoms with Gasteiger partial charge in [-0.25, -0.2) is 0 Å². The van der Waals surface area contributed by atoms with Gasteiger partial charge in [-0.2, -0.15) is 4.98 Å². The Morgan fingerprint density at radius 2 is 1.89 bits per heavy atom. The summed E-state index contributed by atoms with van der Waals surface area (Å²) in [5.41, 5.74) is 2.91. The van der Waals surface area contributed by atoms with Crippen LogP contribution < -0.4 is 5.32 Å². The largest absolute Gasteiger partial charge is 0.339 e. The van der Waals surface area contributed by atoms with Crippen molar-refractivity contribution in [2.45, 2.75) is 26.7 Å². The molecule has 1 fully saturated rings. The Morgan fingerprint density at radius 3 is 2.53 bits per heavy atom. The van der Waals surface area contributed by atoms with E-state index in [0.717, 1.165) is 35.9 Å². The molecule has 1 aliphatic heterocycles. The van der Waals surface area contributed by atoms with E-state index in [9.17, 15) is 0 Å². The molecule has 1 N–H and O–H groups in total. The molecule has 0 saturated carbocycles. The van der Waals surface area contributed by atoms with Crippen LogP contribution >= 0.6 is 0 Å². The van der Waals surface area contributed by atoms with Crippen LogP contribution in [0.5, 0.6) is 0 Å². The molecule has 2 unspecified atom stereocenters. The second-order valence-corrected chi connectivity index (χ2v) is 5.34. The van der Waals surface area contributed by atoms with Crippen LogP contribution in [0.3, 0.4) is 0 Å². The Hall–Kier alpha value is -1.75. The standard InChI is InChI=1S/C14H18N4O/c1-8-6-15-7-12(8)14-17-13(18-19-14)11-4-9(2)16-10(3)5-11/h4-5,8,12,15H,6-7H2,1-3H3. The number of hydrogen-bond acceptors (Lipinski definition) is 5. The molecule has 19 heavy (non-hydrogen) atoms. The van der Waals surface area contributed by atoms with E-state index >= 15 is 0 Å². The second kappa shape index (κ2) is 4.74. The Labute approximate surface area is 112 Å². The van der Waals surface area contributed by atoms with E-state index in [1.165, 1.54) is 0 Å². The third-order valence-electron chi connectivity index (χ3n) is 3.62. The van der Waals surface area contributed by atoms with Gasteiger partial charge in [-0.3, -0.25) is 4.98 Å². The molecule has 2 aromatic rings. The molecule has 2 aromatic heterocycles. The van der Waals surface area contributed by atoms with Crippen LogP contribution in [0.2, 0.25) is 0 Å². The van der Waals surface area contributed by atoms with Gasteiger partial charge in [0.2, 0.25) is 11.7 Å². The van der Waals surface area contributed by atoms with E-state index in [4.69, 9.17) is 4.52 Å². The smallest absolute Gasteiger partial charge is 0.231 e. The summed E-state index contributed by atoms with van der Waals surface area (Å²) in [6, 6.07) is 3.97. The average Bonchev–Trinajstić information content (AvgIpc) is 2.95. The summed E-state index contributed by atoms with van der Waals surface area (Å²) in [4.78, 5) is 8.91. The molecule has 100 valence electrons. The maximum absolute atomic E-state index is 5.43. The van der Waals surface area contributed by atoms with Gasteiger partial charge in [-0.15, -0.1) is 0 Å². The molecule has 5 nitrogen and oxygen atoms in total. The van der Waals surface area contributed by atoms with Gasteiger partial charge in [0.15, 0.2) is 0 Å². The number of hydrogen-bond donors (Lipinski definition) is 1. The van der Waals surface area contributed by atoms with Crippen molar-refractivity contribution in [2.24, 2.45) is 5.92 Å². The molecule has 5 heteroatoms. The van der Waals surface area contributed by atoms with Crippen molar-refractivity contribution < 1.29 is 4.52 Å². The monoisotopic (exact) mass is 258 g/mol. The van der Waals surface area contributed by atoms with E-state index in [1.807, 2.05) is 26.0 Å². The number of rotatable bonds is 2. The SMILES string of the molecule is Cc1cc(-c2noc(C3CNCC3C)n2)cc(C)n1. The first-order chi connectivity index (χ1) is 9.13. The average molecular weight is 258 g/mol. The van der Waals surface area contributed by atoms with E-state index in [-0.39, 0.29) is 0 Å². The van der Waals surface area contributed by atoms with Crippen molar-refractivity contribution in [1.29, 1.82) is 0 Å². The normalized spacial score (nSPS) is 22.9. The van der Waals surface area contributed by atoms with Crippen LogP contribution in [0.15, 0.2) is 16.7 Å². The van der Waals surface area contributed by atoms with Gasteiger partial charge < -0.3 is 9.84 Å². The van der Waals surface area contributed by atoms with Gasteiger partial charge in [0.25, 0.3) is 0 Å². The molecular formula is C14H18N4O. The number of aryl methyl sites for hydroxylation is 2. The second-order valence-electron chi connectivity index (χ2n) is 5.34. The summed E-state index contributed by atoms with van der Waals surface area (Å²) in [6.07, 6.45) is 0. The van der Waals surface area contributed by atoms with E-state index in [2.05, 4.69) is 27.4 Å². The lowest BCUT2D eigenvalue weighted by molar-refractivity contribution is 0.340. The number of pyridine rings is 1. The fourth-order valence-corrected chi connectivity index (χ4v) is 2.61. The lowest BCUT2D eigenvalue weighted by atomic mass is 9.98. The van der Waals surface area contributed by atoms with Crippen molar-refractivity contribution >= 4 is 0 Å². The van der Waals surface area contributed by atoms with E-state index in [1.54, 1.807) is 0 Å². The topological polar surface area (TPSA) is 63.8 Å². The predicted octanol–water partition coefficient (Wildman–Crippen LogP) is 2.07. The molecule has 0 amide bonds. The van der Waals surface area contributed by atoms with Crippen molar-refractivity contribution in [3.05, 3.63) is 29.4 Å². The molecule has 3 rings (SSSR count). The highest BCUT2D eigenvalue weighted by Gasteiger charge is 2.29. The fourth-order valence-electron chi connectivity index (χ4n) is 2.61. The van der Waals surface area contributed by atoms with Crippen LogP contribution in [0.4, 0.5) is 0 Å². The maximum atomic E-state index is 5.43. The van der Waals surface area contributed by atoms with Crippen molar-refractivity contribution in [3.8, 4) is 11.4 Å². The van der Waals surface area contributed by atoms with Gasteiger partial charge in [0, 0.05) is 23.5 Å². The minimum absolute atomic E-state index is 0.324. The molecule has 1 saturated heterocycles. The van der Waals surface area contributed by atoms with Crippen LogP contribution in [-0.2, 0) is 0 Å². The summed E-state index contributed by atoms with van der Waals surface area (Å²) in [6.45, 7) is 8.07. The van der Waals surface area contributed by atoms with Crippen LogP contribution in [0, 0.1) is 19.8 Å². The quantitative estimate of drug-likeness (QED) is 0.893. The molecule has 0 aliphatic carbocycles. The Morgan fingerprint density at radius 1 is 1.16 bits per heavy atom. The lowest BCUT2D eigenvalue weighted by Gasteiger charge is -2.07. The van der Waals surface area contributed by atoms with Crippen LogP contribution in [0.25, 0.3) is 11.4 Å². The highest BCUT2D eigenvalue weighted by molar-refractivity contribution is 5.55. The number of nitrogens with zero attached hydrogens (tertiary/aromatic N) is 3. The van der Waals surface area contributed by atoms with Crippen LogP contribution in [0.1, 0.15) is 30.1 Å². The summed E-state index contributed by atoms with van der Waals surface area (Å²) < 4.78 is 5.43. The van der Waals surface area contributed by atoms with E-state index in [0.29, 0.717) is 17.7 Å². The number of nitrogens with one attached hydrogen (secondary N) is 1. The molecule has 2 atom stereocenters. The molecular weight excluding hydrogens is 240 g/mol. The van der Waals surface area contributed by atoms with Crippen molar-refractivity contribution in [3.63, 3.8) is 0 Å². The summed E-state index contributed by atoms with van der Waals surface area (Å²) in [5.74, 6) is 2.25. The van der Waals surface area contributed by atoms with Crippen molar-refractivity contribution in [1.82, 2.24) is 20.4 Å². The third-order valence-corrected chi connectivity index (χ3v) is 3.62. The first kappa shape index (κ1) is 12.3. The van der Waals surface area contributed by atoms with E-state index < -0.39 is 0 Å². The third kappa shape index (κ3) is 2.38. The molecule has 0 aromatic carbocycles. The maximum Gasteiger partial charge on any atom is 0.231 e. The number of aromatic nitrogens is 3. The lowest BCUT2D eigenvalue weighted by Crippen LogP contribution is -2.08. The summed E-state index contributed by atoms with van der Waals surface area (Å²) in [5, 5.41) is 7.46. The zero-order valence-electron chi connectivity index (χ0n) is 11.5. The molecule has 0 bridgehead atoms. The first-order valence-corrected chi connectivity index (χ1v) is 6.63. The van der Waals surface area contributed by atoms with Gasteiger partial charge in [0.05, 0.1) is 5.92 Å². The molecule has 0 spiro atoms. The Kier molecular flexibility index (Phi) is 3.06. The Balaban J connectivity index is 1.92. The van der Waals surface area contributed by atoms with Gasteiger partial charge in [-0.1, -0.05) is 12.1 Å². The fraction of sp³-hybridized carbons (Fsp3) is 0.500. The minimum atomic E-state index is 0.324. The van der Waals surface area contributed by atoms with Gasteiger partial charge in [0.1, 0.15) is 0 Å². The molecule has 1 aliphatic rings. The minimum Gasteiger partial charge on any atom is -0.339 e. The van der Waals surface area contributed by atoms with Gasteiger partial charge >= 0.3 is 0 Å². The first-order valence-electron chi connectivity index (χ1n) is 6.63. The van der Waals surface area contributed by atoms with Crippen molar-refractivity contribution in [2.75, 3.05) is 13.1 Å². The van der Waals surface area contributed by atoms with Gasteiger partial charge in [-0.05, 0) is 38.4 Å². The summed E-state index contributed by atoms with van der Waals surface area (Å²) >= 11 is 0. The predicted molar refractivity (Wildman–Crippen MR) is 71.8 cm³/mol. The van der Waals surface area contributed by atoms with Crippen LogP contribution in [-0.4, -0.2) is 28.2 Å². The highest BCUT2D eigenvalue weighted by Crippen LogP contribution is 2.28.